The van der Waals surface area contributed by atoms with E-state index in [1.54, 1.807) is 25.5 Å². The highest BCUT2D eigenvalue weighted by Crippen LogP contribution is 2.25. The molecule has 28 heavy (non-hydrogen) atoms. The van der Waals surface area contributed by atoms with Gasteiger partial charge in [0, 0.05) is 37.6 Å². The van der Waals surface area contributed by atoms with Gasteiger partial charge in [-0.25, -0.2) is 0 Å². The minimum Gasteiger partial charge on any atom is -0.391 e. The maximum Gasteiger partial charge on any atom is 0.269 e. The number of aliphatic hydroxyl groups excluding tert-OH is 1. The number of hydrogen-bond donors (Lipinski definition) is 3. The third kappa shape index (κ3) is 5.16. The van der Waals surface area contributed by atoms with Crippen LogP contribution in [0.15, 0.2) is 36.7 Å². The van der Waals surface area contributed by atoms with E-state index in [1.807, 2.05) is 18.2 Å². The topological polar surface area (TPSA) is 109 Å². The summed E-state index contributed by atoms with van der Waals surface area (Å²) in [4.78, 5) is 28.9. The minimum atomic E-state index is -0.741. The number of aliphatic hydroxyl groups is 1. The van der Waals surface area contributed by atoms with Gasteiger partial charge in [0.2, 0.25) is 5.91 Å². The van der Waals surface area contributed by atoms with Crippen LogP contribution in [-0.4, -0.2) is 50.4 Å². The van der Waals surface area contributed by atoms with Crippen LogP contribution in [0.2, 0.25) is 0 Å². The normalized spacial score (nSPS) is 21.9. The Kier molecular flexibility index (Phi) is 6.76. The second kappa shape index (κ2) is 9.45. The first-order chi connectivity index (χ1) is 13.5. The van der Waals surface area contributed by atoms with Crippen LogP contribution in [-0.2, 0) is 18.3 Å². The van der Waals surface area contributed by atoms with E-state index in [1.165, 1.54) is 4.68 Å². The smallest absolute Gasteiger partial charge is 0.269 e. The lowest BCUT2D eigenvalue weighted by molar-refractivity contribution is -0.127. The van der Waals surface area contributed by atoms with Crippen LogP contribution >= 0.6 is 0 Å². The zero-order valence-corrected chi connectivity index (χ0v) is 16.0. The molecule has 3 rings (SSSR count). The molecule has 0 bridgehead atoms. The quantitative estimate of drug-likeness (QED) is 0.612. The molecule has 1 saturated carbocycles. The molecule has 2 heterocycles. The molecule has 8 nitrogen and oxygen atoms in total. The first-order valence-electron chi connectivity index (χ1n) is 9.69. The molecule has 1 aliphatic rings. The highest BCUT2D eigenvalue weighted by Gasteiger charge is 2.33. The lowest BCUT2D eigenvalue weighted by Crippen LogP contribution is -2.49. The van der Waals surface area contributed by atoms with Crippen molar-refractivity contribution in [1.82, 2.24) is 25.4 Å². The highest BCUT2D eigenvalue weighted by molar-refractivity contribution is 5.92. The predicted octanol–water partition coefficient (Wildman–Crippen LogP) is 0.823. The molecule has 0 radical (unpaired) electrons. The second-order valence-corrected chi connectivity index (χ2v) is 7.21. The number of hydrogen-bond acceptors (Lipinski definition) is 5. The summed E-state index contributed by atoms with van der Waals surface area (Å²) in [6.45, 7) is 0.586. The Morgan fingerprint density at radius 3 is 2.79 bits per heavy atom. The molecule has 0 saturated heterocycles. The molecule has 0 aliphatic heterocycles. The SMILES string of the molecule is Cn1nccc1C(=O)N[C@H]1CC[C@H](C(=O)NCCCc2ccccn2)C[C@@H]1O. The summed E-state index contributed by atoms with van der Waals surface area (Å²) in [6, 6.07) is 7.08. The van der Waals surface area contributed by atoms with Gasteiger partial charge in [-0.05, 0) is 50.3 Å². The number of rotatable bonds is 7. The van der Waals surface area contributed by atoms with Crippen molar-refractivity contribution < 1.29 is 14.7 Å². The Morgan fingerprint density at radius 2 is 2.11 bits per heavy atom. The first kappa shape index (κ1) is 20.0. The van der Waals surface area contributed by atoms with Crippen LogP contribution in [0.25, 0.3) is 0 Å². The zero-order chi connectivity index (χ0) is 19.9. The summed E-state index contributed by atoms with van der Waals surface area (Å²) >= 11 is 0. The van der Waals surface area contributed by atoms with Gasteiger partial charge in [0.25, 0.3) is 5.91 Å². The van der Waals surface area contributed by atoms with Gasteiger partial charge in [-0.15, -0.1) is 0 Å². The number of nitrogens with zero attached hydrogens (tertiary/aromatic N) is 3. The van der Waals surface area contributed by atoms with Crippen molar-refractivity contribution in [2.75, 3.05) is 6.54 Å². The first-order valence-corrected chi connectivity index (χ1v) is 9.69. The molecular formula is C20H27N5O3. The Balaban J connectivity index is 1.40. The number of carbonyl (C=O) groups is 2. The summed E-state index contributed by atoms with van der Waals surface area (Å²) in [6.07, 6.45) is 5.77. The van der Waals surface area contributed by atoms with Crippen molar-refractivity contribution in [3.8, 4) is 0 Å². The number of pyridine rings is 1. The van der Waals surface area contributed by atoms with Crippen LogP contribution in [0.5, 0.6) is 0 Å². The molecule has 3 N–H and O–H groups in total. The highest BCUT2D eigenvalue weighted by atomic mass is 16.3. The summed E-state index contributed by atoms with van der Waals surface area (Å²) in [5.74, 6) is -0.521. The van der Waals surface area contributed by atoms with Gasteiger partial charge in [-0.3, -0.25) is 19.3 Å². The van der Waals surface area contributed by atoms with E-state index >= 15 is 0 Å². The molecule has 0 unspecified atom stereocenters. The average molecular weight is 385 g/mol. The van der Waals surface area contributed by atoms with Crippen molar-refractivity contribution in [3.05, 3.63) is 48.0 Å². The molecular weight excluding hydrogens is 358 g/mol. The maximum absolute atomic E-state index is 12.4. The molecule has 2 aromatic rings. The molecule has 3 atom stereocenters. The summed E-state index contributed by atoms with van der Waals surface area (Å²) in [5.41, 5.74) is 1.46. The van der Waals surface area contributed by atoms with Gasteiger partial charge >= 0.3 is 0 Å². The number of carbonyl (C=O) groups excluding carboxylic acids is 2. The minimum absolute atomic E-state index is 0.0310. The lowest BCUT2D eigenvalue weighted by Gasteiger charge is -2.32. The van der Waals surface area contributed by atoms with Crippen LogP contribution in [0.4, 0.5) is 0 Å². The molecule has 8 heteroatoms. The van der Waals surface area contributed by atoms with E-state index < -0.39 is 6.10 Å². The Morgan fingerprint density at radius 1 is 1.25 bits per heavy atom. The van der Waals surface area contributed by atoms with Gasteiger partial charge in [0.15, 0.2) is 0 Å². The van der Waals surface area contributed by atoms with Crippen molar-refractivity contribution >= 4 is 11.8 Å². The fourth-order valence-electron chi connectivity index (χ4n) is 3.56. The van der Waals surface area contributed by atoms with Crippen LogP contribution in [0.3, 0.4) is 0 Å². The Bertz CT molecular complexity index is 792. The van der Waals surface area contributed by atoms with Crippen LogP contribution in [0, 0.1) is 5.92 Å². The van der Waals surface area contributed by atoms with Gasteiger partial charge in [0.05, 0.1) is 12.1 Å². The van der Waals surface area contributed by atoms with E-state index in [0.717, 1.165) is 18.5 Å². The summed E-state index contributed by atoms with van der Waals surface area (Å²) in [5, 5.41) is 20.2. The monoisotopic (exact) mass is 385 g/mol. The predicted molar refractivity (Wildman–Crippen MR) is 103 cm³/mol. The van der Waals surface area contributed by atoms with Crippen LogP contribution < -0.4 is 10.6 Å². The maximum atomic E-state index is 12.4. The van der Waals surface area contributed by atoms with Crippen molar-refractivity contribution in [3.63, 3.8) is 0 Å². The van der Waals surface area contributed by atoms with Crippen molar-refractivity contribution in [2.45, 2.75) is 44.2 Å². The van der Waals surface area contributed by atoms with Gasteiger partial charge < -0.3 is 15.7 Å². The van der Waals surface area contributed by atoms with Gasteiger partial charge in [-0.2, -0.15) is 5.10 Å². The molecule has 2 amide bonds. The number of aromatic nitrogens is 3. The zero-order valence-electron chi connectivity index (χ0n) is 16.0. The average Bonchev–Trinajstić information content (AvgIpc) is 3.13. The second-order valence-electron chi connectivity index (χ2n) is 7.21. The molecule has 2 aromatic heterocycles. The number of aryl methyl sites for hydroxylation is 2. The molecule has 1 aliphatic carbocycles. The van der Waals surface area contributed by atoms with E-state index in [-0.39, 0.29) is 23.8 Å². The van der Waals surface area contributed by atoms with E-state index in [2.05, 4.69) is 20.7 Å². The third-order valence-electron chi connectivity index (χ3n) is 5.19. The van der Waals surface area contributed by atoms with Gasteiger partial charge in [-0.1, -0.05) is 6.07 Å². The largest absolute Gasteiger partial charge is 0.391 e. The van der Waals surface area contributed by atoms with Crippen molar-refractivity contribution in [2.24, 2.45) is 13.0 Å². The van der Waals surface area contributed by atoms with Gasteiger partial charge in [0.1, 0.15) is 5.69 Å². The molecule has 0 aromatic carbocycles. The Labute approximate surface area is 164 Å². The summed E-state index contributed by atoms with van der Waals surface area (Å²) < 4.78 is 1.49. The Hall–Kier alpha value is -2.74. The molecule has 1 fully saturated rings. The fourth-order valence-corrected chi connectivity index (χ4v) is 3.56. The van der Waals surface area contributed by atoms with E-state index in [9.17, 15) is 14.7 Å². The third-order valence-corrected chi connectivity index (χ3v) is 5.19. The lowest BCUT2D eigenvalue weighted by atomic mass is 9.83. The van der Waals surface area contributed by atoms with Crippen LogP contribution in [0.1, 0.15) is 41.9 Å². The molecule has 0 spiro atoms. The number of nitrogens with one attached hydrogen (secondary N) is 2. The summed E-state index contributed by atoms with van der Waals surface area (Å²) in [7, 11) is 1.69. The standard InChI is InChI=1S/C20H27N5O3/c1-25-17(9-12-23-25)20(28)24-16-8-7-14(13-18(16)26)19(27)22-11-4-6-15-5-2-3-10-21-15/h2-3,5,9-10,12,14,16,18,26H,4,6-8,11,13H2,1H3,(H,22,27)(H,24,28)/t14-,16-,18-/m0/s1. The number of amides is 2. The van der Waals surface area contributed by atoms with E-state index in [0.29, 0.717) is 31.5 Å². The van der Waals surface area contributed by atoms with Crippen molar-refractivity contribution in [1.29, 1.82) is 0 Å². The fraction of sp³-hybridized carbons (Fsp3) is 0.500. The molecule has 150 valence electrons. The van der Waals surface area contributed by atoms with E-state index in [4.69, 9.17) is 0 Å².